The van der Waals surface area contributed by atoms with E-state index in [0.29, 0.717) is 17.9 Å². The zero-order valence-corrected chi connectivity index (χ0v) is 15.9. The average Bonchev–Trinajstić information content (AvgIpc) is 2.99. The second kappa shape index (κ2) is 7.76. The Morgan fingerprint density at radius 3 is 2.71 bits per heavy atom. The molecule has 2 aromatic carbocycles. The number of halogens is 1. The van der Waals surface area contributed by atoms with Crippen LogP contribution < -0.4 is 10.1 Å². The van der Waals surface area contributed by atoms with Gasteiger partial charge in [-0.05, 0) is 72.0 Å². The number of hydrogen-bond donors (Lipinski definition) is 1. The van der Waals surface area contributed by atoms with Crippen LogP contribution in [0.1, 0.15) is 21.1 Å². The zero-order valence-electron chi connectivity index (χ0n) is 13.0. The number of carbonyl (C=O) groups excluding carboxylic acids is 1. The lowest BCUT2D eigenvalue weighted by Gasteiger charge is -2.07. The molecule has 0 aliphatic carbocycles. The summed E-state index contributed by atoms with van der Waals surface area (Å²) in [6.07, 6.45) is 0. The Bertz CT molecular complexity index is 846. The molecule has 0 atom stereocenters. The number of thiazole rings is 1. The number of carbonyl (C=O) groups is 1. The number of aryl methyl sites for hydroxylation is 1. The second-order valence-corrected chi connectivity index (χ2v) is 7.44. The van der Waals surface area contributed by atoms with E-state index in [1.165, 1.54) is 0 Å². The molecule has 0 radical (unpaired) electrons. The van der Waals surface area contributed by atoms with Gasteiger partial charge in [0.15, 0.2) is 0 Å². The minimum absolute atomic E-state index is 0.140. The highest BCUT2D eigenvalue weighted by atomic mass is 127. The van der Waals surface area contributed by atoms with Gasteiger partial charge >= 0.3 is 0 Å². The SMILES string of the molecule is Cc1nc(COc2ccc(C(=O)Nc3cccc(I)c3)cc2)cs1. The van der Waals surface area contributed by atoms with Crippen molar-refractivity contribution in [1.29, 1.82) is 0 Å². The molecular weight excluding hydrogens is 435 g/mol. The van der Waals surface area contributed by atoms with Gasteiger partial charge in [0.2, 0.25) is 0 Å². The van der Waals surface area contributed by atoms with Crippen LogP contribution in [0.25, 0.3) is 0 Å². The minimum atomic E-state index is -0.140. The Hall–Kier alpha value is -1.93. The number of nitrogens with zero attached hydrogens (tertiary/aromatic N) is 1. The maximum atomic E-state index is 12.3. The van der Waals surface area contributed by atoms with Gasteiger partial charge in [-0.1, -0.05) is 6.07 Å². The monoisotopic (exact) mass is 450 g/mol. The molecule has 1 aromatic heterocycles. The number of ether oxygens (including phenoxy) is 1. The van der Waals surface area contributed by atoms with E-state index in [1.54, 1.807) is 35.6 Å². The number of anilines is 1. The fourth-order valence-electron chi connectivity index (χ4n) is 2.10. The van der Waals surface area contributed by atoms with Crippen LogP contribution in [0.5, 0.6) is 5.75 Å². The molecular formula is C18H15IN2O2S. The van der Waals surface area contributed by atoms with Crippen LogP contribution in [0.4, 0.5) is 5.69 Å². The molecule has 122 valence electrons. The third kappa shape index (κ3) is 4.55. The molecule has 0 spiro atoms. The fourth-order valence-corrected chi connectivity index (χ4v) is 3.24. The van der Waals surface area contributed by atoms with Gasteiger partial charge in [0.1, 0.15) is 12.4 Å². The van der Waals surface area contributed by atoms with E-state index in [0.717, 1.165) is 20.0 Å². The molecule has 0 fully saturated rings. The maximum Gasteiger partial charge on any atom is 0.255 e. The van der Waals surface area contributed by atoms with Crippen molar-refractivity contribution in [3.8, 4) is 5.75 Å². The van der Waals surface area contributed by atoms with E-state index in [9.17, 15) is 4.79 Å². The summed E-state index contributed by atoms with van der Waals surface area (Å²) in [5.41, 5.74) is 2.29. The smallest absolute Gasteiger partial charge is 0.255 e. The van der Waals surface area contributed by atoms with E-state index in [1.807, 2.05) is 36.6 Å². The van der Waals surface area contributed by atoms with E-state index >= 15 is 0 Å². The maximum absolute atomic E-state index is 12.3. The largest absolute Gasteiger partial charge is 0.487 e. The molecule has 0 bridgehead atoms. The quantitative estimate of drug-likeness (QED) is 0.564. The number of benzene rings is 2. The Kier molecular flexibility index (Phi) is 5.47. The van der Waals surface area contributed by atoms with E-state index in [-0.39, 0.29) is 5.91 Å². The molecule has 24 heavy (non-hydrogen) atoms. The predicted octanol–water partition coefficient (Wildman–Crippen LogP) is 4.89. The van der Waals surface area contributed by atoms with Gasteiger partial charge in [0.25, 0.3) is 5.91 Å². The third-order valence-corrected chi connectivity index (χ3v) is 4.75. The Balaban J connectivity index is 1.60. The summed E-state index contributed by atoms with van der Waals surface area (Å²) in [6, 6.07) is 14.8. The molecule has 0 saturated heterocycles. The van der Waals surface area contributed by atoms with Crippen molar-refractivity contribution in [3.05, 3.63) is 73.7 Å². The van der Waals surface area contributed by atoms with Crippen LogP contribution in [0, 0.1) is 10.5 Å². The number of amides is 1. The number of rotatable bonds is 5. The molecule has 0 saturated carbocycles. The highest BCUT2D eigenvalue weighted by Crippen LogP contribution is 2.17. The van der Waals surface area contributed by atoms with Crippen LogP contribution in [-0.2, 0) is 6.61 Å². The van der Waals surface area contributed by atoms with Gasteiger partial charge in [-0.15, -0.1) is 11.3 Å². The van der Waals surface area contributed by atoms with Crippen molar-refractivity contribution in [2.45, 2.75) is 13.5 Å². The van der Waals surface area contributed by atoms with Crippen LogP contribution in [-0.4, -0.2) is 10.9 Å². The molecule has 1 N–H and O–H groups in total. The number of hydrogen-bond acceptors (Lipinski definition) is 4. The highest BCUT2D eigenvalue weighted by Gasteiger charge is 2.07. The van der Waals surface area contributed by atoms with E-state index < -0.39 is 0 Å². The molecule has 4 nitrogen and oxygen atoms in total. The lowest BCUT2D eigenvalue weighted by Crippen LogP contribution is -2.11. The second-order valence-electron chi connectivity index (χ2n) is 5.14. The van der Waals surface area contributed by atoms with E-state index in [4.69, 9.17) is 4.74 Å². The summed E-state index contributed by atoms with van der Waals surface area (Å²) in [5.74, 6) is 0.574. The van der Waals surface area contributed by atoms with Crippen LogP contribution in [0.3, 0.4) is 0 Å². The first kappa shape index (κ1) is 16.9. The molecule has 1 heterocycles. The Morgan fingerprint density at radius 1 is 1.25 bits per heavy atom. The standard InChI is InChI=1S/C18H15IN2O2S/c1-12-20-16(11-24-12)10-23-17-7-5-13(6-8-17)18(22)21-15-4-2-3-14(19)9-15/h2-9,11H,10H2,1H3,(H,21,22). The van der Waals surface area contributed by atoms with Crippen molar-refractivity contribution >= 4 is 45.5 Å². The summed E-state index contributed by atoms with van der Waals surface area (Å²) in [6.45, 7) is 2.40. The van der Waals surface area contributed by atoms with Gasteiger partial charge in [0.05, 0.1) is 10.7 Å². The normalized spacial score (nSPS) is 10.4. The average molecular weight is 450 g/mol. The van der Waals surface area contributed by atoms with Crippen LogP contribution in [0.15, 0.2) is 53.9 Å². The molecule has 1 amide bonds. The fraction of sp³-hybridized carbons (Fsp3) is 0.111. The van der Waals surface area contributed by atoms with E-state index in [2.05, 4.69) is 32.9 Å². The molecule has 0 aliphatic rings. The summed E-state index contributed by atoms with van der Waals surface area (Å²) in [5, 5.41) is 5.89. The summed E-state index contributed by atoms with van der Waals surface area (Å²) in [7, 11) is 0. The van der Waals surface area contributed by atoms with Gasteiger partial charge in [0, 0.05) is 20.2 Å². The van der Waals surface area contributed by atoms with Gasteiger partial charge in [-0.2, -0.15) is 0 Å². The first-order chi connectivity index (χ1) is 11.6. The van der Waals surface area contributed by atoms with Crippen LogP contribution in [0.2, 0.25) is 0 Å². The first-order valence-electron chi connectivity index (χ1n) is 7.31. The van der Waals surface area contributed by atoms with Gasteiger partial charge in [-0.25, -0.2) is 4.98 Å². The molecule has 0 aliphatic heterocycles. The van der Waals surface area contributed by atoms with Crippen molar-refractivity contribution in [3.63, 3.8) is 0 Å². The lowest BCUT2D eigenvalue weighted by molar-refractivity contribution is 0.102. The predicted molar refractivity (Wildman–Crippen MR) is 105 cm³/mol. The summed E-state index contributed by atoms with van der Waals surface area (Å²) >= 11 is 3.82. The molecule has 6 heteroatoms. The lowest BCUT2D eigenvalue weighted by atomic mass is 10.2. The zero-order chi connectivity index (χ0) is 16.9. The summed E-state index contributed by atoms with van der Waals surface area (Å²) < 4.78 is 6.76. The van der Waals surface area contributed by atoms with Crippen LogP contribution >= 0.6 is 33.9 Å². The summed E-state index contributed by atoms with van der Waals surface area (Å²) in [4.78, 5) is 16.6. The molecule has 3 aromatic rings. The molecule has 3 rings (SSSR count). The van der Waals surface area contributed by atoms with Crippen molar-refractivity contribution in [2.24, 2.45) is 0 Å². The number of nitrogens with one attached hydrogen (secondary N) is 1. The number of aromatic nitrogens is 1. The Labute approximate surface area is 158 Å². The molecule has 0 unspecified atom stereocenters. The van der Waals surface area contributed by atoms with Gasteiger partial charge < -0.3 is 10.1 Å². The van der Waals surface area contributed by atoms with Crippen molar-refractivity contribution in [2.75, 3.05) is 5.32 Å². The topological polar surface area (TPSA) is 51.2 Å². The Morgan fingerprint density at radius 2 is 2.04 bits per heavy atom. The van der Waals surface area contributed by atoms with Crippen molar-refractivity contribution < 1.29 is 9.53 Å². The highest BCUT2D eigenvalue weighted by molar-refractivity contribution is 14.1. The van der Waals surface area contributed by atoms with Crippen molar-refractivity contribution in [1.82, 2.24) is 4.98 Å². The third-order valence-electron chi connectivity index (χ3n) is 3.25. The first-order valence-corrected chi connectivity index (χ1v) is 9.27. The minimum Gasteiger partial charge on any atom is -0.487 e. The van der Waals surface area contributed by atoms with Gasteiger partial charge in [-0.3, -0.25) is 4.79 Å².